The van der Waals surface area contributed by atoms with Gasteiger partial charge in [-0.1, -0.05) is 36.4 Å². The molecule has 0 unspecified atom stereocenters. The van der Waals surface area contributed by atoms with E-state index in [1.165, 1.54) is 23.1 Å². The van der Waals surface area contributed by atoms with Crippen molar-refractivity contribution in [3.8, 4) is 11.5 Å². The van der Waals surface area contributed by atoms with Gasteiger partial charge in [0.2, 0.25) is 11.8 Å². The van der Waals surface area contributed by atoms with Crippen molar-refractivity contribution >= 4 is 30.2 Å². The Morgan fingerprint density at radius 2 is 1.74 bits per heavy atom. The number of aliphatic carboxylic acids is 1. The summed E-state index contributed by atoms with van der Waals surface area (Å²) < 4.78 is 0. The minimum absolute atomic E-state index is 0. The molecule has 0 saturated carbocycles. The quantitative estimate of drug-likeness (QED) is 0.407. The smallest absolute Gasteiger partial charge is 0.320 e. The average Bonchev–Trinajstić information content (AvgIpc) is 3.05. The van der Waals surface area contributed by atoms with Crippen LogP contribution in [-0.2, 0) is 20.8 Å². The van der Waals surface area contributed by atoms with E-state index in [1.54, 1.807) is 0 Å². The number of hydrogen-bond acceptors (Lipinski definition) is 6. The predicted molar refractivity (Wildman–Crippen MR) is 116 cm³/mol. The zero-order chi connectivity index (χ0) is 22.3. The van der Waals surface area contributed by atoms with Gasteiger partial charge in [-0.05, 0) is 29.7 Å². The van der Waals surface area contributed by atoms with E-state index in [-0.39, 0.29) is 48.7 Å². The molecular weight excluding hydrogens is 426 g/mol. The molecule has 0 aromatic heterocycles. The fourth-order valence-electron chi connectivity index (χ4n) is 3.10. The van der Waals surface area contributed by atoms with Crippen LogP contribution in [0.1, 0.15) is 23.5 Å². The van der Waals surface area contributed by atoms with Gasteiger partial charge >= 0.3 is 5.97 Å². The Labute approximate surface area is 185 Å². The van der Waals surface area contributed by atoms with Crippen LogP contribution in [0.4, 0.5) is 0 Å². The van der Waals surface area contributed by atoms with E-state index in [2.05, 4.69) is 0 Å². The van der Waals surface area contributed by atoms with Crippen LogP contribution in [0.25, 0.3) is 0 Å². The number of hydrogen-bond donors (Lipinski definition) is 5. The molecule has 0 aliphatic carbocycles. The van der Waals surface area contributed by atoms with Crippen LogP contribution in [0.2, 0.25) is 0 Å². The van der Waals surface area contributed by atoms with Crippen LogP contribution in [0, 0.1) is 0 Å². The zero-order valence-electron chi connectivity index (χ0n) is 16.7. The maximum atomic E-state index is 11.6. The predicted octanol–water partition coefficient (Wildman–Crippen LogP) is 0.962. The molecule has 2 atom stereocenters. The maximum Gasteiger partial charge on any atom is 0.320 e. The summed E-state index contributed by atoms with van der Waals surface area (Å²) in [5.41, 5.74) is 12.1. The van der Waals surface area contributed by atoms with Crippen molar-refractivity contribution < 1.29 is 29.7 Å². The van der Waals surface area contributed by atoms with Gasteiger partial charge < -0.3 is 31.7 Å². The summed E-state index contributed by atoms with van der Waals surface area (Å²) in [5, 5.41) is 26.6. The van der Waals surface area contributed by atoms with E-state index < -0.39 is 17.9 Å². The van der Waals surface area contributed by atoms with E-state index in [0.717, 1.165) is 5.56 Å². The number of nitrogens with zero attached hydrogens (tertiary/aromatic N) is 1. The molecule has 9 nitrogen and oxygen atoms in total. The zero-order valence-corrected chi connectivity index (χ0v) is 17.5. The summed E-state index contributed by atoms with van der Waals surface area (Å²) in [7, 11) is 0. The van der Waals surface area contributed by atoms with E-state index >= 15 is 0 Å². The van der Waals surface area contributed by atoms with Gasteiger partial charge in [-0.2, -0.15) is 0 Å². The van der Waals surface area contributed by atoms with Gasteiger partial charge in [0, 0.05) is 18.9 Å². The molecule has 1 heterocycles. The van der Waals surface area contributed by atoms with Crippen LogP contribution in [0.3, 0.4) is 0 Å². The summed E-state index contributed by atoms with van der Waals surface area (Å²) >= 11 is 0. The minimum atomic E-state index is -1.10. The number of nitrogens with two attached hydrogens (primary N) is 2. The Morgan fingerprint density at radius 3 is 2.29 bits per heavy atom. The molecule has 2 amide bonds. The Hall–Kier alpha value is -3.30. The molecule has 7 N–H and O–H groups in total. The van der Waals surface area contributed by atoms with Crippen molar-refractivity contribution in [3.05, 3.63) is 59.7 Å². The van der Waals surface area contributed by atoms with Crippen molar-refractivity contribution in [1.82, 2.24) is 4.90 Å². The number of phenols is 2. The average molecular weight is 452 g/mol. The first kappa shape index (κ1) is 25.7. The third-order valence-corrected chi connectivity index (χ3v) is 4.64. The fraction of sp³-hybridized carbons (Fsp3) is 0.286. The van der Waals surface area contributed by atoms with Crippen molar-refractivity contribution in [3.63, 3.8) is 0 Å². The summed E-state index contributed by atoms with van der Waals surface area (Å²) in [4.78, 5) is 34.3. The summed E-state index contributed by atoms with van der Waals surface area (Å²) in [6.07, 6.45) is 0.584. The highest BCUT2D eigenvalue weighted by Gasteiger charge is 2.30. The Bertz CT molecular complexity index is 909. The maximum absolute atomic E-state index is 11.6. The second-order valence-corrected chi connectivity index (χ2v) is 7.02. The lowest BCUT2D eigenvalue weighted by molar-refractivity contribution is -0.138. The van der Waals surface area contributed by atoms with Crippen molar-refractivity contribution in [2.75, 3.05) is 13.1 Å². The van der Waals surface area contributed by atoms with E-state index in [1.807, 2.05) is 30.3 Å². The number of amides is 2. The number of rotatable bonds is 6. The number of carboxylic acid groups (broad SMARTS) is 1. The molecule has 3 rings (SSSR count). The van der Waals surface area contributed by atoms with Crippen molar-refractivity contribution in [2.24, 2.45) is 11.5 Å². The highest BCUT2D eigenvalue weighted by molar-refractivity contribution is 5.86. The molecule has 1 fully saturated rings. The number of primary amides is 1. The van der Waals surface area contributed by atoms with Gasteiger partial charge in [-0.15, -0.1) is 12.4 Å². The van der Waals surface area contributed by atoms with E-state index in [0.29, 0.717) is 18.5 Å². The van der Waals surface area contributed by atoms with Gasteiger partial charge in [0.05, 0.1) is 6.54 Å². The highest BCUT2D eigenvalue weighted by Crippen LogP contribution is 2.27. The molecule has 10 heteroatoms. The lowest BCUT2D eigenvalue weighted by Crippen LogP contribution is -2.34. The number of aromatic hydroxyl groups is 2. The second kappa shape index (κ2) is 11.8. The summed E-state index contributed by atoms with van der Waals surface area (Å²) in [5.74, 6) is -1.88. The molecule has 31 heavy (non-hydrogen) atoms. The van der Waals surface area contributed by atoms with Gasteiger partial charge in [-0.25, -0.2) is 0 Å². The third-order valence-electron chi connectivity index (χ3n) is 4.64. The number of halogens is 1. The molecule has 1 aliphatic rings. The SMILES string of the molecule is Cl.NC(=O)CN1C[C@@H](c2ccccc2)CC1=O.N[C@@H](Cc1ccc(O)c(O)c1)C(=O)O. The first-order chi connectivity index (χ1) is 14.2. The van der Waals surface area contributed by atoms with Crippen LogP contribution >= 0.6 is 12.4 Å². The van der Waals surface area contributed by atoms with Gasteiger partial charge in [0.25, 0.3) is 0 Å². The molecule has 168 valence electrons. The second-order valence-electron chi connectivity index (χ2n) is 7.02. The largest absolute Gasteiger partial charge is 0.504 e. The molecular formula is C21H26ClN3O6. The van der Waals surface area contributed by atoms with Crippen LogP contribution in [-0.4, -0.2) is 57.1 Å². The lowest BCUT2D eigenvalue weighted by Gasteiger charge is -2.14. The highest BCUT2D eigenvalue weighted by atomic mass is 35.5. The topological polar surface area (TPSA) is 167 Å². The van der Waals surface area contributed by atoms with E-state index in [4.69, 9.17) is 26.8 Å². The molecule has 0 radical (unpaired) electrons. The van der Waals surface area contributed by atoms with Crippen LogP contribution < -0.4 is 11.5 Å². The number of benzene rings is 2. The first-order valence-electron chi connectivity index (χ1n) is 9.27. The minimum Gasteiger partial charge on any atom is -0.504 e. The Balaban J connectivity index is 0.000000303. The monoisotopic (exact) mass is 451 g/mol. The number of likely N-dealkylation sites (tertiary alicyclic amines) is 1. The molecule has 0 bridgehead atoms. The van der Waals surface area contributed by atoms with Crippen LogP contribution in [0.15, 0.2) is 48.5 Å². The lowest BCUT2D eigenvalue weighted by atomic mass is 9.99. The first-order valence-corrected chi connectivity index (χ1v) is 9.27. The van der Waals surface area contributed by atoms with Gasteiger partial charge in [0.1, 0.15) is 6.04 Å². The Morgan fingerprint density at radius 1 is 1.10 bits per heavy atom. The van der Waals surface area contributed by atoms with Crippen LogP contribution in [0.5, 0.6) is 11.5 Å². The number of carbonyl (C=O) groups is 3. The molecule has 1 saturated heterocycles. The van der Waals surface area contributed by atoms with E-state index in [9.17, 15) is 14.4 Å². The summed E-state index contributed by atoms with van der Waals surface area (Å²) in [6, 6.07) is 13.0. The molecule has 0 spiro atoms. The molecule has 1 aliphatic heterocycles. The number of phenolic OH excluding ortho intramolecular Hbond substituents is 2. The van der Waals surface area contributed by atoms with Gasteiger partial charge in [-0.3, -0.25) is 14.4 Å². The van der Waals surface area contributed by atoms with Crippen molar-refractivity contribution in [2.45, 2.75) is 24.8 Å². The fourth-order valence-corrected chi connectivity index (χ4v) is 3.10. The standard InChI is InChI=1S/C12H14N2O2.C9H11NO4.ClH/c13-11(15)8-14-7-10(6-12(14)16)9-4-2-1-3-5-9;10-6(9(13)14)3-5-1-2-7(11)8(12)4-5;/h1-5,10H,6-8H2,(H2,13,15);1-2,4,6,11-12H,3,10H2,(H,13,14);1H/t10-;6-;/m00./s1. The molecule has 2 aromatic rings. The number of carbonyl (C=O) groups excluding carboxylic acids is 2. The summed E-state index contributed by atoms with van der Waals surface area (Å²) in [6.45, 7) is 0.619. The number of carboxylic acids is 1. The Kier molecular flexibility index (Phi) is 9.78. The normalized spacial score (nSPS) is 16.0. The molecule has 2 aromatic carbocycles. The third kappa shape index (κ3) is 7.80. The van der Waals surface area contributed by atoms with Crippen molar-refractivity contribution in [1.29, 1.82) is 0 Å². The van der Waals surface area contributed by atoms with Gasteiger partial charge in [0.15, 0.2) is 11.5 Å².